The number of carbonyl (C=O) groups is 3. The molecular weight excluding hydrogens is 420 g/mol. The molecule has 2 fully saturated rings. The maximum Gasteiger partial charge on any atom is 0.407 e. The molecule has 3 aliphatic rings. The summed E-state index contributed by atoms with van der Waals surface area (Å²) in [6.45, 7) is 0.167. The molecule has 5 rings (SSSR count). The monoisotopic (exact) mass is 448 g/mol. The molecule has 2 saturated carbocycles. The Labute approximate surface area is 192 Å². The molecule has 0 aromatic heterocycles. The molecule has 33 heavy (non-hydrogen) atoms. The number of nitrogens with one attached hydrogen (secondary N) is 1. The average Bonchev–Trinajstić information content (AvgIpc) is 3.57. The van der Waals surface area contributed by atoms with Crippen LogP contribution in [0.4, 0.5) is 4.79 Å². The zero-order chi connectivity index (χ0) is 23.2. The number of hydrogen-bond acceptors (Lipinski definition) is 4. The first-order valence-corrected chi connectivity index (χ1v) is 11.5. The minimum Gasteiger partial charge on any atom is -0.479 e. The van der Waals surface area contributed by atoms with E-state index in [4.69, 9.17) is 4.74 Å². The van der Waals surface area contributed by atoms with E-state index in [1.165, 1.54) is 11.9 Å². The van der Waals surface area contributed by atoms with Crippen LogP contribution in [0, 0.1) is 5.92 Å². The molecule has 3 aliphatic carbocycles. The molecule has 0 heterocycles. The maximum absolute atomic E-state index is 13.2. The maximum atomic E-state index is 13.2. The Morgan fingerprint density at radius 1 is 1.06 bits per heavy atom. The third kappa shape index (κ3) is 3.65. The minimum atomic E-state index is -1.16. The molecule has 0 aliphatic heterocycles. The zero-order valence-corrected chi connectivity index (χ0v) is 18.6. The fourth-order valence-corrected chi connectivity index (χ4v) is 5.20. The molecule has 0 saturated heterocycles. The predicted octanol–water partition coefficient (Wildman–Crippen LogP) is 3.77. The van der Waals surface area contributed by atoms with Crippen LogP contribution < -0.4 is 5.32 Å². The number of carboxylic acids is 1. The minimum absolute atomic E-state index is 0.0198. The SMILES string of the molecule is CN(C(=O)C(NC(=O)OCC1c2ccccc2-c2ccccc21)C1CC1)C1(C(=O)O)CCC1. The lowest BCUT2D eigenvalue weighted by Crippen LogP contribution is -2.63. The highest BCUT2D eigenvalue weighted by Crippen LogP contribution is 2.44. The Morgan fingerprint density at radius 2 is 1.64 bits per heavy atom. The number of likely N-dealkylation sites (N-methyl/N-ethyl adjacent to an activating group) is 1. The molecule has 172 valence electrons. The van der Waals surface area contributed by atoms with Gasteiger partial charge in [0.15, 0.2) is 0 Å². The number of amides is 2. The number of aliphatic carboxylic acids is 1. The number of rotatable bonds is 7. The summed E-state index contributed by atoms with van der Waals surface area (Å²) in [6.07, 6.45) is 2.66. The number of carbonyl (C=O) groups excluding carboxylic acids is 2. The van der Waals surface area contributed by atoms with Crippen molar-refractivity contribution < 1.29 is 24.2 Å². The number of ether oxygens (including phenoxy) is 1. The first-order valence-electron chi connectivity index (χ1n) is 11.5. The highest BCUT2D eigenvalue weighted by Gasteiger charge is 2.52. The second-order valence-electron chi connectivity index (χ2n) is 9.37. The van der Waals surface area contributed by atoms with E-state index in [9.17, 15) is 19.5 Å². The van der Waals surface area contributed by atoms with Gasteiger partial charge in [-0.25, -0.2) is 9.59 Å². The fraction of sp³-hybridized carbons (Fsp3) is 0.423. The number of hydrogen-bond donors (Lipinski definition) is 2. The van der Waals surface area contributed by atoms with Gasteiger partial charge in [-0.2, -0.15) is 0 Å². The molecule has 0 radical (unpaired) electrons. The van der Waals surface area contributed by atoms with Crippen LogP contribution in [0.25, 0.3) is 11.1 Å². The van der Waals surface area contributed by atoms with Crippen molar-refractivity contribution in [1.29, 1.82) is 0 Å². The summed E-state index contributed by atoms with van der Waals surface area (Å²) >= 11 is 0. The highest BCUT2D eigenvalue weighted by atomic mass is 16.5. The lowest BCUT2D eigenvalue weighted by Gasteiger charge is -2.45. The first-order chi connectivity index (χ1) is 15.9. The smallest absolute Gasteiger partial charge is 0.407 e. The summed E-state index contributed by atoms with van der Waals surface area (Å²) in [5.41, 5.74) is 3.37. The quantitative estimate of drug-likeness (QED) is 0.672. The van der Waals surface area contributed by atoms with Crippen LogP contribution in [-0.2, 0) is 14.3 Å². The summed E-state index contributed by atoms with van der Waals surface area (Å²) in [5, 5.41) is 12.4. The van der Waals surface area contributed by atoms with Crippen LogP contribution in [0.5, 0.6) is 0 Å². The molecule has 0 spiro atoms. The van der Waals surface area contributed by atoms with Gasteiger partial charge < -0.3 is 20.1 Å². The Bertz CT molecular complexity index is 1060. The van der Waals surface area contributed by atoms with E-state index in [1.807, 2.05) is 24.3 Å². The van der Waals surface area contributed by atoms with Crippen LogP contribution in [0.15, 0.2) is 48.5 Å². The second kappa shape index (κ2) is 8.21. The Hall–Kier alpha value is -3.35. The first kappa shape index (κ1) is 21.5. The standard InChI is InChI=1S/C26H28N2O5/c1-28(26(24(30)31)13-6-14-26)23(29)22(16-11-12-16)27-25(32)33-15-21-19-9-4-2-7-17(19)18-8-3-5-10-20(18)21/h2-5,7-10,16,21-22H,6,11-15H2,1H3,(H,27,32)(H,30,31). The summed E-state index contributed by atoms with van der Waals surface area (Å²) in [7, 11) is 1.53. The van der Waals surface area contributed by atoms with Crippen LogP contribution in [0.2, 0.25) is 0 Å². The fourth-order valence-electron chi connectivity index (χ4n) is 5.20. The molecule has 7 heteroatoms. The normalized spacial score (nSPS) is 18.9. The molecule has 2 aromatic rings. The van der Waals surface area contributed by atoms with Crippen LogP contribution in [0.3, 0.4) is 0 Å². The summed E-state index contributed by atoms with van der Waals surface area (Å²) in [6, 6.07) is 15.5. The second-order valence-corrected chi connectivity index (χ2v) is 9.37. The molecule has 0 bridgehead atoms. The van der Waals surface area contributed by atoms with Gasteiger partial charge in [0.1, 0.15) is 18.2 Å². The van der Waals surface area contributed by atoms with Crippen molar-refractivity contribution in [2.45, 2.75) is 49.6 Å². The van der Waals surface area contributed by atoms with Gasteiger partial charge in [-0.05, 0) is 60.3 Å². The Balaban J connectivity index is 1.27. The van der Waals surface area contributed by atoms with Crippen molar-refractivity contribution in [2.75, 3.05) is 13.7 Å². The van der Waals surface area contributed by atoms with Crippen LogP contribution in [-0.4, -0.2) is 53.2 Å². The van der Waals surface area contributed by atoms with Crippen molar-refractivity contribution in [1.82, 2.24) is 10.2 Å². The van der Waals surface area contributed by atoms with Crippen molar-refractivity contribution in [3.05, 3.63) is 59.7 Å². The topological polar surface area (TPSA) is 95.9 Å². The lowest BCUT2D eigenvalue weighted by atomic mass is 9.75. The van der Waals surface area contributed by atoms with Gasteiger partial charge in [0.05, 0.1) is 0 Å². The number of nitrogens with zero attached hydrogens (tertiary/aromatic N) is 1. The van der Waals surface area contributed by atoms with Crippen molar-refractivity contribution in [3.63, 3.8) is 0 Å². The molecule has 2 amide bonds. The van der Waals surface area contributed by atoms with Gasteiger partial charge >= 0.3 is 12.1 Å². The third-order valence-electron chi connectivity index (χ3n) is 7.53. The van der Waals surface area contributed by atoms with E-state index in [2.05, 4.69) is 29.6 Å². The van der Waals surface area contributed by atoms with Gasteiger partial charge in [0.2, 0.25) is 5.91 Å². The summed E-state index contributed by atoms with van der Waals surface area (Å²) in [4.78, 5) is 39.1. The lowest BCUT2D eigenvalue weighted by molar-refractivity contribution is -0.165. The van der Waals surface area contributed by atoms with E-state index in [0.29, 0.717) is 12.8 Å². The van der Waals surface area contributed by atoms with Crippen molar-refractivity contribution >= 4 is 18.0 Å². The van der Waals surface area contributed by atoms with E-state index in [1.54, 1.807) is 0 Å². The van der Waals surface area contributed by atoms with Crippen LogP contribution in [0.1, 0.15) is 49.1 Å². The van der Waals surface area contributed by atoms with Crippen molar-refractivity contribution in [3.8, 4) is 11.1 Å². The van der Waals surface area contributed by atoms with Gasteiger partial charge in [-0.1, -0.05) is 48.5 Å². The predicted molar refractivity (Wildman–Crippen MR) is 122 cm³/mol. The van der Waals surface area contributed by atoms with E-state index in [-0.39, 0.29) is 24.3 Å². The summed E-state index contributed by atoms with van der Waals surface area (Å²) in [5.74, 6) is -1.38. The molecule has 2 aromatic carbocycles. The van der Waals surface area contributed by atoms with Gasteiger partial charge in [0.25, 0.3) is 0 Å². The average molecular weight is 449 g/mol. The van der Waals surface area contributed by atoms with Gasteiger partial charge in [-0.15, -0.1) is 0 Å². The molecule has 7 nitrogen and oxygen atoms in total. The third-order valence-corrected chi connectivity index (χ3v) is 7.53. The van der Waals surface area contributed by atoms with Gasteiger partial charge in [0, 0.05) is 13.0 Å². The zero-order valence-electron chi connectivity index (χ0n) is 18.6. The van der Waals surface area contributed by atoms with Gasteiger partial charge in [-0.3, -0.25) is 4.79 Å². The van der Waals surface area contributed by atoms with Crippen molar-refractivity contribution in [2.24, 2.45) is 5.92 Å². The molecule has 1 atom stereocenters. The van der Waals surface area contributed by atoms with E-state index in [0.717, 1.165) is 41.5 Å². The number of fused-ring (bicyclic) bond motifs is 3. The Morgan fingerprint density at radius 3 is 2.12 bits per heavy atom. The Kier molecular flexibility index (Phi) is 5.35. The number of benzene rings is 2. The van der Waals surface area contributed by atoms with E-state index >= 15 is 0 Å². The molecular formula is C26H28N2O5. The molecule has 1 unspecified atom stereocenters. The highest BCUT2D eigenvalue weighted by molar-refractivity contribution is 5.92. The molecule has 2 N–H and O–H groups in total. The number of carboxylic acid groups (broad SMARTS) is 1. The summed E-state index contributed by atoms with van der Waals surface area (Å²) < 4.78 is 5.61. The van der Waals surface area contributed by atoms with E-state index < -0.39 is 23.6 Å². The number of alkyl carbamates (subject to hydrolysis) is 1. The largest absolute Gasteiger partial charge is 0.479 e. The van der Waals surface area contributed by atoms with Crippen LogP contribution >= 0.6 is 0 Å².